The molecule has 1 heterocycles. The zero-order valence-electron chi connectivity index (χ0n) is 11.4. The van der Waals surface area contributed by atoms with Gasteiger partial charge in [-0.2, -0.15) is 0 Å². The summed E-state index contributed by atoms with van der Waals surface area (Å²) in [5.41, 5.74) is 6.70. The molecule has 1 aliphatic rings. The number of hydrogen-bond acceptors (Lipinski definition) is 3. The van der Waals surface area contributed by atoms with Crippen molar-refractivity contribution in [1.82, 2.24) is 5.32 Å². The van der Waals surface area contributed by atoms with E-state index in [1.807, 2.05) is 19.1 Å². The molecule has 0 spiro atoms. The van der Waals surface area contributed by atoms with Gasteiger partial charge in [0.2, 0.25) is 5.91 Å². The molecule has 4 nitrogen and oxygen atoms in total. The van der Waals surface area contributed by atoms with Crippen LogP contribution in [0.15, 0.2) is 18.2 Å². The van der Waals surface area contributed by atoms with E-state index in [0.29, 0.717) is 5.56 Å². The molecule has 0 aliphatic carbocycles. The Morgan fingerprint density at radius 1 is 1.53 bits per heavy atom. The van der Waals surface area contributed by atoms with E-state index in [-0.39, 0.29) is 0 Å². The molecule has 104 valence electrons. The number of rotatable bonds is 5. The highest BCUT2D eigenvalue weighted by Crippen LogP contribution is 2.19. The van der Waals surface area contributed by atoms with E-state index >= 15 is 0 Å². The van der Waals surface area contributed by atoms with Crippen LogP contribution in [0, 0.1) is 12.8 Å². The standard InChI is InChI=1S/C15H22N2O2/c1-11-9-13(4-5-14(11)15(16)18)19-8-6-12-3-2-7-17-10-12/h4-5,9,12,17H,2-3,6-8,10H2,1H3,(H2,16,18). The summed E-state index contributed by atoms with van der Waals surface area (Å²) in [5.74, 6) is 1.14. The summed E-state index contributed by atoms with van der Waals surface area (Å²) in [6.07, 6.45) is 3.62. The van der Waals surface area contributed by atoms with Crippen molar-refractivity contribution in [1.29, 1.82) is 0 Å². The first-order valence-corrected chi connectivity index (χ1v) is 6.91. The molecule has 1 aromatic carbocycles. The van der Waals surface area contributed by atoms with Gasteiger partial charge in [-0.15, -0.1) is 0 Å². The normalized spacial score (nSPS) is 19.1. The predicted molar refractivity (Wildman–Crippen MR) is 75.4 cm³/mol. The van der Waals surface area contributed by atoms with Crippen LogP contribution in [-0.4, -0.2) is 25.6 Å². The molecule has 1 fully saturated rings. The predicted octanol–water partition coefficient (Wildman–Crippen LogP) is 1.86. The number of primary amides is 1. The molecule has 0 radical (unpaired) electrons. The number of hydrogen-bond donors (Lipinski definition) is 2. The molecule has 0 saturated carbocycles. The molecule has 2 rings (SSSR count). The van der Waals surface area contributed by atoms with Gasteiger partial charge in [0.25, 0.3) is 0 Å². The Morgan fingerprint density at radius 2 is 2.37 bits per heavy atom. The quantitative estimate of drug-likeness (QED) is 0.851. The van der Waals surface area contributed by atoms with Crippen molar-refractivity contribution in [3.05, 3.63) is 29.3 Å². The van der Waals surface area contributed by atoms with Crippen LogP contribution in [0.2, 0.25) is 0 Å². The number of nitrogens with two attached hydrogens (primary N) is 1. The van der Waals surface area contributed by atoms with Crippen molar-refractivity contribution in [2.45, 2.75) is 26.2 Å². The SMILES string of the molecule is Cc1cc(OCCC2CCCNC2)ccc1C(N)=O. The van der Waals surface area contributed by atoms with E-state index in [2.05, 4.69) is 5.32 Å². The van der Waals surface area contributed by atoms with Crippen molar-refractivity contribution in [3.63, 3.8) is 0 Å². The summed E-state index contributed by atoms with van der Waals surface area (Å²) in [7, 11) is 0. The Balaban J connectivity index is 1.82. The summed E-state index contributed by atoms with van der Waals surface area (Å²) < 4.78 is 5.74. The van der Waals surface area contributed by atoms with Crippen molar-refractivity contribution >= 4 is 5.91 Å². The number of piperidine rings is 1. The van der Waals surface area contributed by atoms with Gasteiger partial charge in [0.05, 0.1) is 6.61 Å². The van der Waals surface area contributed by atoms with Crippen molar-refractivity contribution in [2.75, 3.05) is 19.7 Å². The summed E-state index contributed by atoms with van der Waals surface area (Å²) in [5, 5.41) is 3.41. The topological polar surface area (TPSA) is 64.3 Å². The number of carbonyl (C=O) groups excluding carboxylic acids is 1. The zero-order valence-corrected chi connectivity index (χ0v) is 11.4. The minimum absolute atomic E-state index is 0.391. The van der Waals surface area contributed by atoms with Gasteiger partial charge >= 0.3 is 0 Å². The average Bonchev–Trinajstić information content (AvgIpc) is 2.39. The first-order valence-electron chi connectivity index (χ1n) is 6.91. The molecule has 1 aliphatic heterocycles. The Labute approximate surface area is 114 Å². The first kappa shape index (κ1) is 13.9. The number of ether oxygens (including phenoxy) is 1. The molecule has 0 aromatic heterocycles. The minimum atomic E-state index is -0.391. The molecule has 19 heavy (non-hydrogen) atoms. The summed E-state index contributed by atoms with van der Waals surface area (Å²) in [6.45, 7) is 4.84. The number of amides is 1. The lowest BCUT2D eigenvalue weighted by Crippen LogP contribution is -2.30. The molecule has 1 atom stereocenters. The maximum Gasteiger partial charge on any atom is 0.248 e. The molecule has 1 saturated heterocycles. The molecule has 1 unspecified atom stereocenters. The van der Waals surface area contributed by atoms with E-state index in [9.17, 15) is 4.79 Å². The molecule has 1 aromatic rings. The van der Waals surface area contributed by atoms with Crippen molar-refractivity contribution in [2.24, 2.45) is 11.7 Å². The third kappa shape index (κ3) is 3.96. The summed E-state index contributed by atoms with van der Waals surface area (Å²) in [4.78, 5) is 11.1. The molecule has 4 heteroatoms. The molecule has 3 N–H and O–H groups in total. The van der Waals surface area contributed by atoms with E-state index in [1.165, 1.54) is 12.8 Å². The molecule has 1 amide bonds. The highest BCUT2D eigenvalue weighted by Gasteiger charge is 2.13. The van der Waals surface area contributed by atoms with Crippen LogP contribution in [0.4, 0.5) is 0 Å². The van der Waals surface area contributed by atoms with Gasteiger partial charge in [-0.05, 0) is 69.0 Å². The number of aryl methyl sites for hydroxylation is 1. The van der Waals surface area contributed by atoms with E-state index < -0.39 is 5.91 Å². The van der Waals surface area contributed by atoms with Crippen molar-refractivity contribution < 1.29 is 9.53 Å². The number of benzene rings is 1. The maximum atomic E-state index is 11.1. The van der Waals surface area contributed by atoms with Crippen LogP contribution in [0.3, 0.4) is 0 Å². The minimum Gasteiger partial charge on any atom is -0.494 e. The van der Waals surface area contributed by atoms with Gasteiger partial charge < -0.3 is 15.8 Å². The first-order chi connectivity index (χ1) is 9.16. The van der Waals surface area contributed by atoms with E-state index in [1.54, 1.807) is 6.07 Å². The van der Waals surface area contributed by atoms with Gasteiger partial charge in [0.1, 0.15) is 5.75 Å². The van der Waals surface area contributed by atoms with Gasteiger partial charge in [0, 0.05) is 5.56 Å². The lowest BCUT2D eigenvalue weighted by Gasteiger charge is -2.22. The Kier molecular flexibility index (Phi) is 4.80. The zero-order chi connectivity index (χ0) is 13.7. The fourth-order valence-electron chi connectivity index (χ4n) is 2.52. The van der Waals surface area contributed by atoms with Crippen LogP contribution < -0.4 is 15.8 Å². The molecular weight excluding hydrogens is 240 g/mol. The molecule has 0 bridgehead atoms. The largest absolute Gasteiger partial charge is 0.494 e. The Morgan fingerprint density at radius 3 is 3.00 bits per heavy atom. The van der Waals surface area contributed by atoms with Crippen LogP contribution in [0.5, 0.6) is 5.75 Å². The number of carbonyl (C=O) groups is 1. The Bertz CT molecular complexity index is 440. The lowest BCUT2D eigenvalue weighted by atomic mass is 9.97. The van der Waals surface area contributed by atoms with Crippen LogP contribution in [-0.2, 0) is 0 Å². The van der Waals surface area contributed by atoms with E-state index in [4.69, 9.17) is 10.5 Å². The second-order valence-electron chi connectivity index (χ2n) is 5.19. The van der Waals surface area contributed by atoms with E-state index in [0.717, 1.165) is 43.3 Å². The number of nitrogens with one attached hydrogen (secondary N) is 1. The van der Waals surface area contributed by atoms with Gasteiger partial charge in [0.15, 0.2) is 0 Å². The second-order valence-corrected chi connectivity index (χ2v) is 5.19. The van der Waals surface area contributed by atoms with Crippen LogP contribution in [0.25, 0.3) is 0 Å². The lowest BCUT2D eigenvalue weighted by molar-refractivity contribution is 0.0999. The fourth-order valence-corrected chi connectivity index (χ4v) is 2.52. The van der Waals surface area contributed by atoms with Gasteiger partial charge in [-0.1, -0.05) is 0 Å². The van der Waals surface area contributed by atoms with Crippen molar-refractivity contribution in [3.8, 4) is 5.75 Å². The maximum absolute atomic E-state index is 11.1. The third-order valence-corrected chi connectivity index (χ3v) is 3.66. The van der Waals surface area contributed by atoms with Crippen LogP contribution in [0.1, 0.15) is 35.2 Å². The smallest absolute Gasteiger partial charge is 0.248 e. The second kappa shape index (κ2) is 6.57. The highest BCUT2D eigenvalue weighted by atomic mass is 16.5. The Hall–Kier alpha value is -1.55. The van der Waals surface area contributed by atoms with Gasteiger partial charge in [-0.25, -0.2) is 0 Å². The monoisotopic (exact) mass is 262 g/mol. The third-order valence-electron chi connectivity index (χ3n) is 3.66. The summed E-state index contributed by atoms with van der Waals surface area (Å²) >= 11 is 0. The summed E-state index contributed by atoms with van der Waals surface area (Å²) in [6, 6.07) is 5.42. The average molecular weight is 262 g/mol. The fraction of sp³-hybridized carbons (Fsp3) is 0.533. The highest BCUT2D eigenvalue weighted by molar-refractivity contribution is 5.94. The van der Waals surface area contributed by atoms with Crippen LogP contribution >= 0.6 is 0 Å². The molecular formula is C15H22N2O2. The van der Waals surface area contributed by atoms with Gasteiger partial charge in [-0.3, -0.25) is 4.79 Å².